The molecule has 0 radical (unpaired) electrons. The Balaban J connectivity index is 1.52. The standard InChI is InChI=1S/C20H23ClN6O2S/c1-14-11-15(2)27(24-14)20-12-19(22-13-23-20)25-7-9-26(10-8-25)30(28,29)18-6-4-5-17(21)16(18)3/h4-6,11-13H,7-10H2,1-3H3. The van der Waals surface area contributed by atoms with Crippen molar-refractivity contribution in [2.75, 3.05) is 31.1 Å². The zero-order valence-electron chi connectivity index (χ0n) is 17.1. The number of anilines is 1. The molecule has 0 bridgehead atoms. The van der Waals surface area contributed by atoms with Gasteiger partial charge in [0.1, 0.15) is 12.1 Å². The molecule has 0 amide bonds. The van der Waals surface area contributed by atoms with E-state index < -0.39 is 10.0 Å². The van der Waals surface area contributed by atoms with Crippen LogP contribution < -0.4 is 4.90 Å². The summed E-state index contributed by atoms with van der Waals surface area (Å²) in [5.41, 5.74) is 2.49. The van der Waals surface area contributed by atoms with Crippen LogP contribution in [0.15, 0.2) is 41.6 Å². The topological polar surface area (TPSA) is 84.2 Å². The molecule has 1 fully saturated rings. The van der Waals surface area contributed by atoms with E-state index in [1.165, 1.54) is 10.6 Å². The van der Waals surface area contributed by atoms with Gasteiger partial charge in [-0.25, -0.2) is 23.1 Å². The second kappa shape index (κ2) is 7.98. The summed E-state index contributed by atoms with van der Waals surface area (Å²) in [5.74, 6) is 1.44. The van der Waals surface area contributed by atoms with Crippen LogP contribution in [-0.4, -0.2) is 58.7 Å². The molecule has 8 nitrogen and oxygen atoms in total. The van der Waals surface area contributed by atoms with Crippen LogP contribution in [0.1, 0.15) is 17.0 Å². The van der Waals surface area contributed by atoms with E-state index in [1.54, 1.807) is 29.8 Å². The second-order valence-corrected chi connectivity index (χ2v) is 9.64. The first-order valence-corrected chi connectivity index (χ1v) is 11.4. The molecule has 0 saturated carbocycles. The van der Waals surface area contributed by atoms with Crippen molar-refractivity contribution in [2.24, 2.45) is 0 Å². The fourth-order valence-electron chi connectivity index (χ4n) is 3.65. The Morgan fingerprint density at radius 1 is 0.967 bits per heavy atom. The van der Waals surface area contributed by atoms with Gasteiger partial charge >= 0.3 is 0 Å². The van der Waals surface area contributed by atoms with Gasteiger partial charge < -0.3 is 4.90 Å². The highest BCUT2D eigenvalue weighted by molar-refractivity contribution is 7.89. The Kier molecular flexibility index (Phi) is 5.52. The van der Waals surface area contributed by atoms with Gasteiger partial charge in [0.05, 0.1) is 10.6 Å². The molecule has 0 aliphatic carbocycles. The lowest BCUT2D eigenvalue weighted by Crippen LogP contribution is -2.49. The highest BCUT2D eigenvalue weighted by atomic mass is 35.5. The van der Waals surface area contributed by atoms with Crippen molar-refractivity contribution in [3.05, 3.63) is 58.6 Å². The van der Waals surface area contributed by atoms with Crippen molar-refractivity contribution in [1.82, 2.24) is 24.1 Å². The average molecular weight is 447 g/mol. The van der Waals surface area contributed by atoms with E-state index in [0.717, 1.165) is 17.2 Å². The Morgan fingerprint density at radius 3 is 2.33 bits per heavy atom. The first-order valence-electron chi connectivity index (χ1n) is 9.63. The first kappa shape index (κ1) is 20.8. The van der Waals surface area contributed by atoms with Crippen molar-refractivity contribution >= 4 is 27.4 Å². The summed E-state index contributed by atoms with van der Waals surface area (Å²) < 4.78 is 29.5. The molecule has 30 heavy (non-hydrogen) atoms. The smallest absolute Gasteiger partial charge is 0.243 e. The summed E-state index contributed by atoms with van der Waals surface area (Å²) in [6.45, 7) is 7.45. The number of rotatable bonds is 4. The minimum atomic E-state index is -3.60. The summed E-state index contributed by atoms with van der Waals surface area (Å²) >= 11 is 6.13. The number of nitrogens with zero attached hydrogens (tertiary/aromatic N) is 6. The molecule has 1 saturated heterocycles. The van der Waals surface area contributed by atoms with Crippen molar-refractivity contribution in [1.29, 1.82) is 0 Å². The Labute approximate surface area is 181 Å². The third-order valence-corrected chi connectivity index (χ3v) is 7.72. The normalized spacial score (nSPS) is 15.5. The van der Waals surface area contributed by atoms with Gasteiger partial charge in [-0.15, -0.1) is 0 Å². The second-order valence-electron chi connectivity index (χ2n) is 7.33. The summed E-state index contributed by atoms with van der Waals surface area (Å²) in [5, 5.41) is 4.92. The minimum Gasteiger partial charge on any atom is -0.354 e. The molecule has 3 aromatic rings. The van der Waals surface area contributed by atoms with Gasteiger partial charge in [0.15, 0.2) is 5.82 Å². The fraction of sp³-hybridized carbons (Fsp3) is 0.350. The minimum absolute atomic E-state index is 0.261. The van der Waals surface area contributed by atoms with Gasteiger partial charge in [-0.2, -0.15) is 9.40 Å². The zero-order chi connectivity index (χ0) is 21.5. The van der Waals surface area contributed by atoms with Crippen molar-refractivity contribution < 1.29 is 8.42 Å². The maximum atomic E-state index is 13.1. The number of aryl methyl sites for hydroxylation is 2. The number of hydrogen-bond acceptors (Lipinski definition) is 6. The molecule has 10 heteroatoms. The van der Waals surface area contributed by atoms with Crippen LogP contribution in [-0.2, 0) is 10.0 Å². The fourth-order valence-corrected chi connectivity index (χ4v) is 5.55. The molecule has 4 rings (SSSR count). The number of piperazine rings is 1. The van der Waals surface area contributed by atoms with E-state index in [-0.39, 0.29) is 4.90 Å². The number of aromatic nitrogens is 4. The van der Waals surface area contributed by atoms with Gasteiger partial charge in [-0.3, -0.25) is 0 Å². The molecule has 0 spiro atoms. The molecule has 2 aromatic heterocycles. The van der Waals surface area contributed by atoms with E-state index in [4.69, 9.17) is 11.6 Å². The summed E-state index contributed by atoms with van der Waals surface area (Å²) in [7, 11) is -3.60. The van der Waals surface area contributed by atoms with E-state index in [2.05, 4.69) is 20.0 Å². The number of hydrogen-bond donors (Lipinski definition) is 0. The van der Waals surface area contributed by atoms with Crippen LogP contribution in [0, 0.1) is 20.8 Å². The van der Waals surface area contributed by atoms with E-state index >= 15 is 0 Å². The largest absolute Gasteiger partial charge is 0.354 e. The van der Waals surface area contributed by atoms with E-state index in [0.29, 0.717) is 42.6 Å². The SMILES string of the molecule is Cc1cc(C)n(-c2cc(N3CCN(S(=O)(=O)c4cccc(Cl)c4C)CC3)ncn2)n1. The molecule has 3 heterocycles. The average Bonchev–Trinajstić information content (AvgIpc) is 3.08. The van der Waals surface area contributed by atoms with Crippen LogP contribution in [0.2, 0.25) is 5.02 Å². The Hall–Kier alpha value is -2.49. The van der Waals surface area contributed by atoms with Crippen molar-refractivity contribution in [2.45, 2.75) is 25.7 Å². The van der Waals surface area contributed by atoms with Crippen LogP contribution in [0.25, 0.3) is 5.82 Å². The third kappa shape index (κ3) is 3.80. The molecule has 0 N–H and O–H groups in total. The van der Waals surface area contributed by atoms with E-state index in [9.17, 15) is 8.42 Å². The molecule has 0 atom stereocenters. The molecule has 0 unspecified atom stereocenters. The van der Waals surface area contributed by atoms with Crippen LogP contribution in [0.4, 0.5) is 5.82 Å². The number of halogens is 1. The van der Waals surface area contributed by atoms with E-state index in [1.807, 2.05) is 26.0 Å². The molecule has 1 aromatic carbocycles. The van der Waals surface area contributed by atoms with Crippen LogP contribution in [0.3, 0.4) is 0 Å². The molecule has 1 aliphatic heterocycles. The Bertz CT molecular complexity index is 1190. The highest BCUT2D eigenvalue weighted by Gasteiger charge is 2.30. The van der Waals surface area contributed by atoms with Gasteiger partial charge in [0, 0.05) is 43.0 Å². The monoisotopic (exact) mass is 446 g/mol. The van der Waals surface area contributed by atoms with Gasteiger partial charge in [0.2, 0.25) is 10.0 Å². The molecular weight excluding hydrogens is 424 g/mol. The lowest BCUT2D eigenvalue weighted by Gasteiger charge is -2.35. The predicted octanol–water partition coefficient (Wildman–Crippen LogP) is 2.75. The summed E-state index contributed by atoms with van der Waals surface area (Å²) in [6.07, 6.45) is 1.51. The number of benzene rings is 1. The molecular formula is C20H23ClN6O2S. The van der Waals surface area contributed by atoms with Crippen molar-refractivity contribution in [3.63, 3.8) is 0 Å². The molecule has 158 valence electrons. The zero-order valence-corrected chi connectivity index (χ0v) is 18.7. The molecule has 1 aliphatic rings. The van der Waals surface area contributed by atoms with Gasteiger partial charge in [-0.1, -0.05) is 17.7 Å². The summed E-state index contributed by atoms with van der Waals surface area (Å²) in [6, 6.07) is 8.84. The highest BCUT2D eigenvalue weighted by Crippen LogP contribution is 2.27. The van der Waals surface area contributed by atoms with Crippen LogP contribution >= 0.6 is 11.6 Å². The van der Waals surface area contributed by atoms with Gasteiger partial charge in [0.25, 0.3) is 0 Å². The lowest BCUT2D eigenvalue weighted by molar-refractivity contribution is 0.383. The first-order chi connectivity index (χ1) is 14.3. The maximum Gasteiger partial charge on any atom is 0.243 e. The Morgan fingerprint density at radius 2 is 1.67 bits per heavy atom. The maximum absolute atomic E-state index is 13.1. The lowest BCUT2D eigenvalue weighted by atomic mass is 10.2. The number of sulfonamides is 1. The van der Waals surface area contributed by atoms with Gasteiger partial charge in [-0.05, 0) is 44.5 Å². The summed E-state index contributed by atoms with van der Waals surface area (Å²) in [4.78, 5) is 11.0. The predicted molar refractivity (Wildman–Crippen MR) is 116 cm³/mol. The van der Waals surface area contributed by atoms with Crippen LogP contribution in [0.5, 0.6) is 0 Å². The third-order valence-electron chi connectivity index (χ3n) is 5.26. The quantitative estimate of drug-likeness (QED) is 0.612. The van der Waals surface area contributed by atoms with Crippen molar-refractivity contribution in [3.8, 4) is 5.82 Å².